The van der Waals surface area contributed by atoms with Gasteiger partial charge in [0.15, 0.2) is 0 Å². The summed E-state index contributed by atoms with van der Waals surface area (Å²) < 4.78 is 10.8. The third-order valence-corrected chi connectivity index (χ3v) is 4.07. The summed E-state index contributed by atoms with van der Waals surface area (Å²) in [6.45, 7) is 3.50. The fraction of sp³-hybridized carbons (Fsp3) is 0.857. The molecule has 20 heavy (non-hydrogen) atoms. The molecule has 2 fully saturated rings. The highest BCUT2D eigenvalue weighted by molar-refractivity contribution is 5.86. The highest BCUT2D eigenvalue weighted by atomic mass is 16.5. The van der Waals surface area contributed by atoms with Gasteiger partial charge in [0.1, 0.15) is 0 Å². The van der Waals surface area contributed by atoms with Crippen molar-refractivity contribution in [1.82, 2.24) is 5.32 Å². The van der Waals surface area contributed by atoms with Crippen LogP contribution in [0.5, 0.6) is 0 Å². The van der Waals surface area contributed by atoms with E-state index < -0.39 is 11.9 Å². The lowest BCUT2D eigenvalue weighted by atomic mass is 9.73. The molecule has 3 atom stereocenters. The number of hydrogen-bond donors (Lipinski definition) is 2. The number of carboxylic acids is 1. The summed E-state index contributed by atoms with van der Waals surface area (Å²) in [7, 11) is 0. The lowest BCUT2D eigenvalue weighted by Gasteiger charge is -2.31. The van der Waals surface area contributed by atoms with Crippen molar-refractivity contribution < 1.29 is 24.2 Å². The number of rotatable bonds is 8. The summed E-state index contributed by atoms with van der Waals surface area (Å²) in [6.07, 6.45) is 3.11. The molecular formula is C14H23NO5. The van der Waals surface area contributed by atoms with Gasteiger partial charge in [0.2, 0.25) is 5.91 Å². The van der Waals surface area contributed by atoms with Gasteiger partial charge in [-0.2, -0.15) is 0 Å². The van der Waals surface area contributed by atoms with Gasteiger partial charge in [-0.3, -0.25) is 9.59 Å². The zero-order chi connectivity index (χ0) is 14.4. The van der Waals surface area contributed by atoms with Crippen LogP contribution in [0.2, 0.25) is 0 Å². The lowest BCUT2D eigenvalue weighted by Crippen LogP contribution is -2.44. The minimum absolute atomic E-state index is 0.132. The Kier molecular flexibility index (Phi) is 5.79. The topological polar surface area (TPSA) is 84.9 Å². The zero-order valence-electron chi connectivity index (χ0n) is 11.7. The van der Waals surface area contributed by atoms with E-state index in [2.05, 4.69) is 5.32 Å². The average Bonchev–Trinajstić information content (AvgIpc) is 2.84. The van der Waals surface area contributed by atoms with E-state index in [-0.39, 0.29) is 11.8 Å². The van der Waals surface area contributed by atoms with Gasteiger partial charge in [0, 0.05) is 25.7 Å². The number of aliphatic carboxylic acids is 1. The van der Waals surface area contributed by atoms with Crippen LogP contribution in [-0.2, 0) is 19.1 Å². The maximum atomic E-state index is 11.8. The molecule has 6 heteroatoms. The summed E-state index contributed by atoms with van der Waals surface area (Å²) in [4.78, 5) is 22.6. The Balaban J connectivity index is 1.48. The Bertz CT molecular complexity index is 340. The van der Waals surface area contributed by atoms with Crippen molar-refractivity contribution >= 4 is 11.9 Å². The number of hydrogen-bond acceptors (Lipinski definition) is 4. The molecule has 1 amide bonds. The van der Waals surface area contributed by atoms with Crippen molar-refractivity contribution in [3.63, 3.8) is 0 Å². The molecule has 1 heterocycles. The summed E-state index contributed by atoms with van der Waals surface area (Å²) in [5.41, 5.74) is 0. The van der Waals surface area contributed by atoms with E-state index in [1.807, 2.05) is 0 Å². The van der Waals surface area contributed by atoms with Crippen molar-refractivity contribution in [1.29, 1.82) is 0 Å². The van der Waals surface area contributed by atoms with E-state index in [0.717, 1.165) is 32.7 Å². The van der Waals surface area contributed by atoms with Crippen LogP contribution in [0.25, 0.3) is 0 Å². The van der Waals surface area contributed by atoms with E-state index >= 15 is 0 Å². The predicted molar refractivity (Wildman–Crippen MR) is 71.2 cm³/mol. The van der Waals surface area contributed by atoms with Gasteiger partial charge in [-0.15, -0.1) is 0 Å². The molecular weight excluding hydrogens is 262 g/mol. The lowest BCUT2D eigenvalue weighted by molar-refractivity contribution is -0.152. The van der Waals surface area contributed by atoms with E-state index in [1.165, 1.54) is 0 Å². The SMILES string of the molecule is O=C(O)C1CCC1C(=O)NCCCOCC1CCOC1. The van der Waals surface area contributed by atoms with E-state index in [0.29, 0.717) is 31.9 Å². The molecule has 0 aromatic rings. The molecule has 1 aliphatic carbocycles. The van der Waals surface area contributed by atoms with Crippen LogP contribution in [0.3, 0.4) is 0 Å². The molecule has 1 aliphatic heterocycles. The van der Waals surface area contributed by atoms with Crippen LogP contribution in [0.4, 0.5) is 0 Å². The molecule has 0 radical (unpaired) electrons. The third-order valence-electron chi connectivity index (χ3n) is 4.07. The molecule has 1 saturated carbocycles. The third kappa shape index (κ3) is 4.18. The van der Waals surface area contributed by atoms with Crippen LogP contribution < -0.4 is 5.32 Å². The standard InChI is InChI=1S/C14H23NO5/c16-13(11-2-3-12(11)14(17)18)15-5-1-6-19-8-10-4-7-20-9-10/h10-12H,1-9H2,(H,15,16)(H,17,18). The zero-order valence-corrected chi connectivity index (χ0v) is 11.7. The smallest absolute Gasteiger partial charge is 0.307 e. The minimum Gasteiger partial charge on any atom is -0.481 e. The first kappa shape index (κ1) is 15.3. The highest BCUT2D eigenvalue weighted by Crippen LogP contribution is 2.34. The van der Waals surface area contributed by atoms with Gasteiger partial charge in [0.25, 0.3) is 0 Å². The maximum absolute atomic E-state index is 11.8. The summed E-state index contributed by atoms with van der Waals surface area (Å²) in [6, 6.07) is 0. The first-order chi connectivity index (χ1) is 9.68. The monoisotopic (exact) mass is 285 g/mol. The Morgan fingerprint density at radius 1 is 1.25 bits per heavy atom. The van der Waals surface area contributed by atoms with E-state index in [4.69, 9.17) is 14.6 Å². The van der Waals surface area contributed by atoms with Gasteiger partial charge in [-0.05, 0) is 25.7 Å². The van der Waals surface area contributed by atoms with Gasteiger partial charge < -0.3 is 19.9 Å². The summed E-state index contributed by atoms with van der Waals surface area (Å²) in [5.74, 6) is -1.32. The predicted octanol–water partition coefficient (Wildman–Crippen LogP) is 0.657. The van der Waals surface area contributed by atoms with Crippen molar-refractivity contribution in [3.05, 3.63) is 0 Å². The first-order valence-corrected chi connectivity index (χ1v) is 7.34. The molecule has 1 saturated heterocycles. The Hall–Kier alpha value is -1.14. The number of carbonyl (C=O) groups excluding carboxylic acids is 1. The van der Waals surface area contributed by atoms with Gasteiger partial charge in [-0.25, -0.2) is 0 Å². The highest BCUT2D eigenvalue weighted by Gasteiger charge is 2.41. The van der Waals surface area contributed by atoms with Gasteiger partial charge >= 0.3 is 5.97 Å². The van der Waals surface area contributed by atoms with E-state index in [1.54, 1.807) is 0 Å². The maximum Gasteiger partial charge on any atom is 0.307 e. The van der Waals surface area contributed by atoms with Crippen LogP contribution in [0.1, 0.15) is 25.7 Å². The van der Waals surface area contributed by atoms with Crippen molar-refractivity contribution in [2.45, 2.75) is 25.7 Å². The van der Waals surface area contributed by atoms with Crippen molar-refractivity contribution in [3.8, 4) is 0 Å². The number of ether oxygens (including phenoxy) is 2. The molecule has 3 unspecified atom stereocenters. The number of amides is 1. The molecule has 6 nitrogen and oxygen atoms in total. The normalized spacial score (nSPS) is 28.9. The van der Waals surface area contributed by atoms with E-state index in [9.17, 15) is 9.59 Å². The molecule has 2 aliphatic rings. The Morgan fingerprint density at radius 2 is 2.05 bits per heavy atom. The molecule has 0 spiro atoms. The molecule has 0 bridgehead atoms. The average molecular weight is 285 g/mol. The minimum atomic E-state index is -0.862. The van der Waals surface area contributed by atoms with Crippen LogP contribution in [-0.4, -0.2) is 50.0 Å². The molecule has 2 N–H and O–H groups in total. The Labute approximate surface area is 118 Å². The van der Waals surface area contributed by atoms with Crippen molar-refractivity contribution in [2.24, 2.45) is 17.8 Å². The first-order valence-electron chi connectivity index (χ1n) is 7.34. The second kappa shape index (κ2) is 7.59. The largest absolute Gasteiger partial charge is 0.481 e. The fourth-order valence-electron chi connectivity index (χ4n) is 2.59. The molecule has 0 aromatic carbocycles. The Morgan fingerprint density at radius 3 is 2.65 bits per heavy atom. The van der Waals surface area contributed by atoms with Crippen LogP contribution in [0, 0.1) is 17.8 Å². The van der Waals surface area contributed by atoms with Crippen LogP contribution in [0.15, 0.2) is 0 Å². The fourth-order valence-corrected chi connectivity index (χ4v) is 2.59. The molecule has 2 rings (SSSR count). The summed E-state index contributed by atoms with van der Waals surface area (Å²) >= 11 is 0. The van der Waals surface area contributed by atoms with Gasteiger partial charge in [0.05, 0.1) is 25.0 Å². The molecule has 0 aromatic heterocycles. The number of nitrogens with one attached hydrogen (secondary N) is 1. The second-order valence-electron chi connectivity index (χ2n) is 5.58. The number of carboxylic acid groups (broad SMARTS) is 1. The van der Waals surface area contributed by atoms with Crippen molar-refractivity contribution in [2.75, 3.05) is 33.0 Å². The quantitative estimate of drug-likeness (QED) is 0.640. The summed E-state index contributed by atoms with van der Waals surface area (Å²) in [5, 5.41) is 11.7. The second-order valence-corrected chi connectivity index (χ2v) is 5.58. The van der Waals surface area contributed by atoms with Gasteiger partial charge in [-0.1, -0.05) is 0 Å². The molecule has 114 valence electrons. The van der Waals surface area contributed by atoms with Crippen LogP contribution >= 0.6 is 0 Å². The number of carbonyl (C=O) groups is 2.